The molecule has 0 rings (SSSR count). The van der Waals surface area contributed by atoms with Gasteiger partial charge >= 0.3 is 46.8 Å². The minimum Gasteiger partial charge on any atom is -0.350 e. The van der Waals surface area contributed by atoms with Gasteiger partial charge in [0.2, 0.25) is 0 Å². The van der Waals surface area contributed by atoms with Gasteiger partial charge in [0.15, 0.2) is 0 Å². The monoisotopic (exact) mass is 591 g/mol. The van der Waals surface area contributed by atoms with Gasteiger partial charge in [-0.05, 0) is 23.9 Å². The molecule has 0 aliphatic carbocycles. The third-order valence-electron chi connectivity index (χ3n) is 5.10. The van der Waals surface area contributed by atoms with Crippen LogP contribution in [-0.2, 0) is 4.79 Å². The van der Waals surface area contributed by atoms with Crippen molar-refractivity contribution < 1.29 is 75.0 Å². The number of halogens is 17. The predicted molar refractivity (Wildman–Crippen MR) is 91.7 cm³/mol. The molecular formula is C17H18ClF16NO. The fourth-order valence-corrected chi connectivity index (χ4v) is 2.72. The van der Waals surface area contributed by atoms with E-state index < -0.39 is 65.2 Å². The van der Waals surface area contributed by atoms with Crippen molar-refractivity contribution in [1.82, 2.24) is 5.32 Å². The van der Waals surface area contributed by atoms with Crippen LogP contribution in [-0.4, -0.2) is 59.3 Å². The molecule has 0 aliphatic heterocycles. The highest BCUT2D eigenvalue weighted by Gasteiger charge is 2.95. The van der Waals surface area contributed by atoms with Crippen LogP contribution in [0.3, 0.4) is 0 Å². The molecule has 0 fully saturated rings. The molecule has 0 bridgehead atoms. The summed E-state index contributed by atoms with van der Waals surface area (Å²) in [5.41, 5.74) is 0. The lowest BCUT2D eigenvalue weighted by Crippen LogP contribution is -2.75. The standard InChI is InChI=1S/C17H18ClF16NO/c1-3-5-6-8(4-2)7-35-9(36)10(19,20)11(21,22)12(23,24)13(25,26)14(27,28)15(29,30)16(31,32)17(18,33)34/h8H,3-7H2,1-2H3,(H,35,36). The Kier molecular flexibility index (Phi) is 10.0. The number of amides is 1. The Balaban J connectivity index is 6.39. The Morgan fingerprint density at radius 3 is 1.36 bits per heavy atom. The smallest absolute Gasteiger partial charge is 0.350 e. The topological polar surface area (TPSA) is 29.1 Å². The van der Waals surface area contributed by atoms with Gasteiger partial charge in [0.05, 0.1) is 0 Å². The molecule has 0 saturated heterocycles. The molecule has 216 valence electrons. The highest BCUT2D eigenvalue weighted by molar-refractivity contribution is 6.22. The molecule has 0 aromatic carbocycles. The van der Waals surface area contributed by atoms with Crippen LogP contribution < -0.4 is 5.32 Å². The van der Waals surface area contributed by atoms with Crippen molar-refractivity contribution in [3.8, 4) is 0 Å². The van der Waals surface area contributed by atoms with E-state index in [4.69, 9.17) is 0 Å². The van der Waals surface area contributed by atoms with Crippen molar-refractivity contribution in [3.05, 3.63) is 0 Å². The summed E-state index contributed by atoms with van der Waals surface area (Å²) in [6, 6.07) is 0. The lowest BCUT2D eigenvalue weighted by molar-refractivity contribution is -0.446. The summed E-state index contributed by atoms with van der Waals surface area (Å²) >= 11 is 3.44. The van der Waals surface area contributed by atoms with E-state index in [1.807, 2.05) is 0 Å². The Labute approximate surface area is 197 Å². The van der Waals surface area contributed by atoms with Gasteiger partial charge in [0.25, 0.3) is 5.91 Å². The molecule has 1 N–H and O–H groups in total. The molecule has 0 aliphatic rings. The van der Waals surface area contributed by atoms with Crippen LogP contribution in [0.25, 0.3) is 0 Å². The molecule has 0 radical (unpaired) electrons. The summed E-state index contributed by atoms with van der Waals surface area (Å²) in [6.07, 6.45) is 1.19. The normalized spacial score (nSPS) is 16.2. The number of rotatable bonds is 14. The maximum Gasteiger partial charge on any atom is 0.393 e. The van der Waals surface area contributed by atoms with Crippen molar-refractivity contribution in [2.75, 3.05) is 6.54 Å². The molecule has 1 amide bonds. The minimum atomic E-state index is -8.59. The van der Waals surface area contributed by atoms with Crippen LogP contribution in [0.4, 0.5) is 70.2 Å². The SMILES string of the molecule is CCCCC(CC)CNC(=O)C(F)(F)C(F)(F)C(F)(F)C(F)(F)C(F)(F)C(F)(F)C(F)(F)C(F)(F)Cl. The third kappa shape index (κ3) is 5.28. The van der Waals surface area contributed by atoms with Gasteiger partial charge in [-0.1, -0.05) is 33.1 Å². The maximum absolute atomic E-state index is 13.8. The first-order valence-electron chi connectivity index (χ1n) is 9.66. The molecule has 0 spiro atoms. The lowest BCUT2D eigenvalue weighted by atomic mass is 9.89. The Bertz CT molecular complexity index is 764. The molecule has 2 nitrogen and oxygen atoms in total. The predicted octanol–water partition coefficient (Wildman–Crippen LogP) is 7.60. The van der Waals surface area contributed by atoms with Gasteiger partial charge in [0, 0.05) is 6.54 Å². The summed E-state index contributed by atoms with van der Waals surface area (Å²) in [5.74, 6) is -60.8. The van der Waals surface area contributed by atoms with Crippen molar-refractivity contribution in [1.29, 1.82) is 0 Å². The van der Waals surface area contributed by atoms with Crippen LogP contribution in [0.1, 0.15) is 39.5 Å². The summed E-state index contributed by atoms with van der Waals surface area (Å²) in [5, 5.41) is -5.84. The van der Waals surface area contributed by atoms with Crippen molar-refractivity contribution in [2.45, 2.75) is 86.4 Å². The van der Waals surface area contributed by atoms with Crippen molar-refractivity contribution in [3.63, 3.8) is 0 Å². The summed E-state index contributed by atoms with van der Waals surface area (Å²) in [7, 11) is 0. The molecule has 1 atom stereocenters. The lowest BCUT2D eigenvalue weighted by Gasteiger charge is -2.42. The summed E-state index contributed by atoms with van der Waals surface area (Å²) in [4.78, 5) is 11.4. The van der Waals surface area contributed by atoms with Crippen LogP contribution in [0, 0.1) is 5.92 Å². The zero-order valence-corrected chi connectivity index (χ0v) is 18.7. The molecule has 1 unspecified atom stereocenters. The quantitative estimate of drug-likeness (QED) is 0.164. The number of hydrogen-bond donors (Lipinski definition) is 1. The van der Waals surface area contributed by atoms with E-state index in [9.17, 15) is 75.0 Å². The van der Waals surface area contributed by atoms with E-state index >= 15 is 0 Å². The fraction of sp³-hybridized carbons (Fsp3) is 0.941. The minimum absolute atomic E-state index is 0.0944. The zero-order chi connectivity index (χ0) is 29.4. The summed E-state index contributed by atoms with van der Waals surface area (Å²) in [6.45, 7) is 2.15. The average molecular weight is 592 g/mol. The van der Waals surface area contributed by atoms with E-state index in [0.29, 0.717) is 12.8 Å². The maximum atomic E-state index is 13.8. The van der Waals surface area contributed by atoms with E-state index in [1.165, 1.54) is 6.92 Å². The largest absolute Gasteiger partial charge is 0.393 e. The molecule has 0 saturated carbocycles. The number of hydrogen-bond acceptors (Lipinski definition) is 1. The first-order valence-corrected chi connectivity index (χ1v) is 10.0. The number of alkyl halides is 17. The van der Waals surface area contributed by atoms with Crippen molar-refractivity contribution in [2.24, 2.45) is 5.92 Å². The van der Waals surface area contributed by atoms with Crippen LogP contribution >= 0.6 is 11.6 Å². The van der Waals surface area contributed by atoms with Crippen LogP contribution in [0.2, 0.25) is 0 Å². The van der Waals surface area contributed by atoms with Crippen molar-refractivity contribution >= 4 is 17.5 Å². The molecule has 36 heavy (non-hydrogen) atoms. The van der Waals surface area contributed by atoms with Gasteiger partial charge < -0.3 is 5.32 Å². The second-order valence-electron chi connectivity index (χ2n) is 7.65. The average Bonchev–Trinajstić information content (AvgIpc) is 2.71. The third-order valence-corrected chi connectivity index (χ3v) is 5.34. The Hall–Kier alpha value is -1.36. The molecule has 0 aromatic heterocycles. The Morgan fingerprint density at radius 2 is 1.03 bits per heavy atom. The highest BCUT2D eigenvalue weighted by atomic mass is 35.5. The van der Waals surface area contributed by atoms with Gasteiger partial charge in [-0.2, -0.15) is 70.2 Å². The fourth-order valence-electron chi connectivity index (χ4n) is 2.60. The number of carbonyl (C=O) groups excluding carboxylic acids is 1. The number of nitrogens with one attached hydrogen (secondary N) is 1. The van der Waals surface area contributed by atoms with Gasteiger partial charge in [-0.15, -0.1) is 0 Å². The highest BCUT2D eigenvalue weighted by Crippen LogP contribution is 2.64. The van der Waals surface area contributed by atoms with Gasteiger partial charge in [-0.25, -0.2) is 0 Å². The zero-order valence-electron chi connectivity index (χ0n) is 17.9. The summed E-state index contributed by atoms with van der Waals surface area (Å²) < 4.78 is 215. The first-order chi connectivity index (χ1) is 15.7. The van der Waals surface area contributed by atoms with Gasteiger partial charge in [-0.3, -0.25) is 4.79 Å². The molecule has 0 heterocycles. The first kappa shape index (κ1) is 34.6. The van der Waals surface area contributed by atoms with E-state index in [2.05, 4.69) is 11.6 Å². The van der Waals surface area contributed by atoms with Gasteiger partial charge in [0.1, 0.15) is 0 Å². The molecule has 19 heteroatoms. The Morgan fingerprint density at radius 1 is 0.667 bits per heavy atom. The van der Waals surface area contributed by atoms with E-state index in [-0.39, 0.29) is 12.8 Å². The van der Waals surface area contributed by atoms with E-state index in [0.717, 1.165) is 5.32 Å². The second-order valence-corrected chi connectivity index (χ2v) is 8.12. The molecule has 0 aromatic rings. The van der Waals surface area contributed by atoms with E-state index in [1.54, 1.807) is 6.92 Å². The number of unbranched alkanes of at least 4 members (excludes halogenated alkanes) is 1. The van der Waals surface area contributed by atoms with Crippen LogP contribution in [0.15, 0.2) is 0 Å². The van der Waals surface area contributed by atoms with Crippen LogP contribution in [0.5, 0.6) is 0 Å². The second kappa shape index (κ2) is 10.4. The molecular weight excluding hydrogens is 574 g/mol. The number of carbonyl (C=O) groups is 1.